The van der Waals surface area contributed by atoms with Gasteiger partial charge in [-0.1, -0.05) is 12.1 Å². The molecule has 110 valence electrons. The van der Waals surface area contributed by atoms with Crippen molar-refractivity contribution in [3.8, 4) is 0 Å². The molecule has 3 N–H and O–H groups in total. The maximum absolute atomic E-state index is 12.2. The van der Waals surface area contributed by atoms with E-state index in [0.717, 1.165) is 24.1 Å². The second-order valence-electron chi connectivity index (χ2n) is 5.21. The van der Waals surface area contributed by atoms with Gasteiger partial charge in [-0.3, -0.25) is 0 Å². The van der Waals surface area contributed by atoms with Crippen molar-refractivity contribution in [1.82, 2.24) is 10.2 Å². The van der Waals surface area contributed by atoms with Crippen molar-refractivity contribution in [3.63, 3.8) is 0 Å². The van der Waals surface area contributed by atoms with Crippen LogP contribution in [0, 0.1) is 0 Å². The van der Waals surface area contributed by atoms with Crippen LogP contribution < -0.4 is 10.6 Å². The minimum Gasteiger partial charge on any atom is -0.395 e. The van der Waals surface area contributed by atoms with Gasteiger partial charge in [0.2, 0.25) is 0 Å². The Morgan fingerprint density at radius 3 is 2.85 bits per heavy atom. The summed E-state index contributed by atoms with van der Waals surface area (Å²) in [5.74, 6) is 0. The summed E-state index contributed by atoms with van der Waals surface area (Å²) in [7, 11) is 1.91. The molecule has 0 bridgehead atoms. The molecule has 0 radical (unpaired) electrons. The van der Waals surface area contributed by atoms with Gasteiger partial charge >= 0.3 is 6.03 Å². The van der Waals surface area contributed by atoms with E-state index in [0.29, 0.717) is 12.6 Å². The van der Waals surface area contributed by atoms with Gasteiger partial charge in [0, 0.05) is 24.3 Å². The van der Waals surface area contributed by atoms with E-state index >= 15 is 0 Å². The molecule has 0 saturated heterocycles. The molecule has 1 aliphatic rings. The maximum atomic E-state index is 12.2. The molecule has 1 saturated carbocycles. The fourth-order valence-electron chi connectivity index (χ4n) is 2.19. The minimum atomic E-state index is -0.129. The van der Waals surface area contributed by atoms with Gasteiger partial charge in [-0.25, -0.2) is 4.79 Å². The first kappa shape index (κ1) is 14.8. The maximum Gasteiger partial charge on any atom is 0.322 e. The molecule has 1 aliphatic carbocycles. The third-order valence-corrected chi connectivity index (χ3v) is 3.66. The van der Waals surface area contributed by atoms with Gasteiger partial charge in [-0.05, 0) is 44.5 Å². The second-order valence-corrected chi connectivity index (χ2v) is 5.21. The van der Waals surface area contributed by atoms with Crippen LogP contribution in [0.15, 0.2) is 24.3 Å². The number of nitrogens with one attached hydrogen (secondary N) is 2. The highest BCUT2D eigenvalue weighted by atomic mass is 16.3. The molecule has 5 nitrogen and oxygen atoms in total. The van der Waals surface area contributed by atoms with Crippen molar-refractivity contribution in [2.24, 2.45) is 0 Å². The number of hydrogen-bond acceptors (Lipinski definition) is 3. The van der Waals surface area contributed by atoms with Gasteiger partial charge in [0.1, 0.15) is 0 Å². The Morgan fingerprint density at radius 2 is 2.25 bits per heavy atom. The molecule has 1 unspecified atom stereocenters. The van der Waals surface area contributed by atoms with Gasteiger partial charge in [-0.2, -0.15) is 0 Å². The highest BCUT2D eigenvalue weighted by Gasteiger charge is 2.32. The van der Waals surface area contributed by atoms with Crippen LogP contribution in [0.25, 0.3) is 0 Å². The van der Waals surface area contributed by atoms with E-state index in [2.05, 4.69) is 17.6 Å². The molecule has 1 atom stereocenters. The average Bonchev–Trinajstić information content (AvgIpc) is 3.28. The first-order chi connectivity index (χ1) is 9.65. The molecule has 1 aromatic carbocycles. The van der Waals surface area contributed by atoms with Crippen molar-refractivity contribution in [2.75, 3.05) is 25.5 Å². The number of aliphatic hydroxyl groups is 1. The van der Waals surface area contributed by atoms with Crippen molar-refractivity contribution in [3.05, 3.63) is 29.8 Å². The van der Waals surface area contributed by atoms with Crippen LogP contribution in [-0.4, -0.2) is 42.3 Å². The summed E-state index contributed by atoms with van der Waals surface area (Å²) in [4.78, 5) is 13.9. The molecule has 1 fully saturated rings. The highest BCUT2D eigenvalue weighted by Crippen LogP contribution is 2.27. The SMILES string of the molecule is CNC(C)c1cccc(NC(=O)N(CCO)C2CC2)c1. The van der Waals surface area contributed by atoms with E-state index < -0.39 is 0 Å². The number of hydrogen-bond donors (Lipinski definition) is 3. The van der Waals surface area contributed by atoms with Crippen LogP contribution in [0.4, 0.5) is 10.5 Å². The normalized spacial score (nSPS) is 15.8. The number of amides is 2. The Kier molecular flexibility index (Phi) is 4.98. The molecule has 2 amide bonds. The fourth-order valence-corrected chi connectivity index (χ4v) is 2.19. The van der Waals surface area contributed by atoms with E-state index in [4.69, 9.17) is 5.11 Å². The Morgan fingerprint density at radius 1 is 1.50 bits per heavy atom. The third kappa shape index (κ3) is 3.71. The smallest absolute Gasteiger partial charge is 0.322 e. The van der Waals surface area contributed by atoms with E-state index in [1.165, 1.54) is 0 Å². The Bertz CT molecular complexity index is 460. The molecule has 0 heterocycles. The first-order valence-corrected chi connectivity index (χ1v) is 7.11. The van der Waals surface area contributed by atoms with Crippen LogP contribution >= 0.6 is 0 Å². The first-order valence-electron chi connectivity index (χ1n) is 7.11. The number of carbonyl (C=O) groups is 1. The summed E-state index contributed by atoms with van der Waals surface area (Å²) >= 11 is 0. The number of rotatable bonds is 6. The summed E-state index contributed by atoms with van der Waals surface area (Å²) in [6, 6.07) is 8.23. The number of benzene rings is 1. The van der Waals surface area contributed by atoms with Crippen molar-refractivity contribution in [1.29, 1.82) is 0 Å². The van der Waals surface area contributed by atoms with Gasteiger partial charge in [0.05, 0.1) is 6.61 Å². The lowest BCUT2D eigenvalue weighted by molar-refractivity contribution is 0.185. The van der Waals surface area contributed by atoms with Gasteiger partial charge < -0.3 is 20.6 Å². The molecule has 0 aliphatic heterocycles. The molecule has 0 spiro atoms. The number of urea groups is 1. The summed E-state index contributed by atoms with van der Waals surface area (Å²) in [5, 5.41) is 15.1. The molecular formula is C15H23N3O2. The molecule has 20 heavy (non-hydrogen) atoms. The summed E-state index contributed by atoms with van der Waals surface area (Å²) < 4.78 is 0. The molecule has 0 aromatic heterocycles. The molecule has 2 rings (SSSR count). The Labute approximate surface area is 120 Å². The number of carbonyl (C=O) groups excluding carboxylic acids is 1. The van der Waals surface area contributed by atoms with Crippen LogP contribution in [0.1, 0.15) is 31.4 Å². The topological polar surface area (TPSA) is 64.6 Å². The lowest BCUT2D eigenvalue weighted by atomic mass is 10.1. The van der Waals surface area contributed by atoms with E-state index in [-0.39, 0.29) is 18.7 Å². The predicted octanol–water partition coefficient (Wildman–Crippen LogP) is 1.96. The lowest BCUT2D eigenvalue weighted by Gasteiger charge is -2.22. The third-order valence-electron chi connectivity index (χ3n) is 3.66. The largest absolute Gasteiger partial charge is 0.395 e. The number of nitrogens with zero attached hydrogens (tertiary/aromatic N) is 1. The quantitative estimate of drug-likeness (QED) is 0.744. The molecule has 5 heteroatoms. The van der Waals surface area contributed by atoms with Crippen molar-refractivity contribution >= 4 is 11.7 Å². The van der Waals surface area contributed by atoms with Gasteiger partial charge in [-0.15, -0.1) is 0 Å². The van der Waals surface area contributed by atoms with E-state index in [1.807, 2.05) is 31.3 Å². The fraction of sp³-hybridized carbons (Fsp3) is 0.533. The predicted molar refractivity (Wildman–Crippen MR) is 79.7 cm³/mol. The van der Waals surface area contributed by atoms with Crippen LogP contribution in [0.5, 0.6) is 0 Å². The van der Waals surface area contributed by atoms with E-state index in [1.54, 1.807) is 4.90 Å². The second kappa shape index (κ2) is 6.72. The highest BCUT2D eigenvalue weighted by molar-refractivity contribution is 5.89. The summed E-state index contributed by atoms with van der Waals surface area (Å²) in [5.41, 5.74) is 1.92. The number of anilines is 1. The zero-order chi connectivity index (χ0) is 14.5. The van der Waals surface area contributed by atoms with Crippen LogP contribution in [0.2, 0.25) is 0 Å². The van der Waals surface area contributed by atoms with Gasteiger partial charge in [0.25, 0.3) is 0 Å². The zero-order valence-corrected chi connectivity index (χ0v) is 12.1. The molecule has 1 aromatic rings. The van der Waals surface area contributed by atoms with Crippen LogP contribution in [0.3, 0.4) is 0 Å². The number of aliphatic hydroxyl groups excluding tert-OH is 1. The average molecular weight is 277 g/mol. The minimum absolute atomic E-state index is 0.000743. The van der Waals surface area contributed by atoms with E-state index in [9.17, 15) is 4.79 Å². The Balaban J connectivity index is 2.03. The monoisotopic (exact) mass is 277 g/mol. The molecular weight excluding hydrogens is 254 g/mol. The lowest BCUT2D eigenvalue weighted by Crippen LogP contribution is -2.38. The Hall–Kier alpha value is -1.59. The van der Waals surface area contributed by atoms with Gasteiger partial charge in [0.15, 0.2) is 0 Å². The summed E-state index contributed by atoms with van der Waals surface area (Å²) in [6.45, 7) is 2.47. The van der Waals surface area contributed by atoms with Crippen LogP contribution in [-0.2, 0) is 0 Å². The van der Waals surface area contributed by atoms with Crippen molar-refractivity contribution < 1.29 is 9.90 Å². The zero-order valence-electron chi connectivity index (χ0n) is 12.1. The summed E-state index contributed by atoms with van der Waals surface area (Å²) in [6.07, 6.45) is 2.06. The standard InChI is InChI=1S/C15H23N3O2/c1-11(16-2)12-4-3-5-13(10-12)17-15(20)18(8-9-19)14-6-7-14/h3-5,10-11,14,16,19H,6-9H2,1-2H3,(H,17,20). The van der Waals surface area contributed by atoms with Crippen molar-refractivity contribution in [2.45, 2.75) is 31.8 Å².